The number of anilines is 1. The lowest BCUT2D eigenvalue weighted by molar-refractivity contribution is -0.00547. The lowest BCUT2D eigenvalue weighted by atomic mass is 10.1. The Bertz CT molecular complexity index is 868. The second kappa shape index (κ2) is 7.58. The third kappa shape index (κ3) is 3.70. The van der Waals surface area contributed by atoms with Crippen molar-refractivity contribution < 1.29 is 18.3 Å². The number of nitrogens with zero attached hydrogens (tertiary/aromatic N) is 3. The molecule has 2 atom stereocenters. The highest BCUT2D eigenvalue weighted by atomic mass is 19.2. The molecule has 0 spiro atoms. The number of halogens is 2. The quantitative estimate of drug-likeness (QED) is 0.611. The highest BCUT2D eigenvalue weighted by Crippen LogP contribution is 2.30. The predicted octanol–water partition coefficient (Wildman–Crippen LogP) is 2.58. The molecule has 1 aromatic carbocycles. The fourth-order valence-corrected chi connectivity index (χ4v) is 2.99. The Morgan fingerprint density at radius 3 is 2.42 bits per heavy atom. The van der Waals surface area contributed by atoms with Crippen LogP contribution in [0.25, 0.3) is 0 Å². The number of carbonyl (C=O) groups is 1. The Morgan fingerprint density at radius 1 is 1.15 bits per heavy atom. The lowest BCUT2D eigenvalue weighted by Gasteiger charge is -2.37. The number of aldehydes is 1. The van der Waals surface area contributed by atoms with Crippen LogP contribution in [0.15, 0.2) is 24.5 Å². The summed E-state index contributed by atoms with van der Waals surface area (Å²) in [5.41, 5.74) is -0.223. The Labute approximate surface area is 150 Å². The standard InChI is InChI=1S/C19H17F2N3O2/c1-12-9-24(10-13(2)26-12)19-15(11-25)8-14(17(20)18(19)21)4-5-16-22-6-3-7-23-16/h3,6-8,11-13H,9-10H2,1-2H3/t12-,13+. The number of ether oxygens (including phenoxy) is 1. The van der Waals surface area contributed by atoms with Crippen molar-refractivity contribution in [2.75, 3.05) is 18.0 Å². The molecule has 1 saturated heterocycles. The summed E-state index contributed by atoms with van der Waals surface area (Å²) in [6, 6.07) is 2.87. The van der Waals surface area contributed by atoms with Crippen LogP contribution in [0.1, 0.15) is 35.6 Å². The topological polar surface area (TPSA) is 55.3 Å². The van der Waals surface area contributed by atoms with Crippen LogP contribution in [0.4, 0.5) is 14.5 Å². The molecular weight excluding hydrogens is 340 g/mol. The number of rotatable bonds is 2. The highest BCUT2D eigenvalue weighted by molar-refractivity contribution is 5.86. The molecule has 0 aliphatic carbocycles. The van der Waals surface area contributed by atoms with Crippen molar-refractivity contribution in [2.24, 2.45) is 0 Å². The van der Waals surface area contributed by atoms with Crippen LogP contribution >= 0.6 is 0 Å². The first-order valence-corrected chi connectivity index (χ1v) is 8.16. The van der Waals surface area contributed by atoms with Gasteiger partial charge >= 0.3 is 0 Å². The zero-order chi connectivity index (χ0) is 18.7. The molecule has 26 heavy (non-hydrogen) atoms. The smallest absolute Gasteiger partial charge is 0.205 e. The molecule has 2 heterocycles. The molecule has 0 bridgehead atoms. The van der Waals surface area contributed by atoms with E-state index in [-0.39, 0.29) is 34.8 Å². The third-order valence-electron chi connectivity index (χ3n) is 3.95. The molecule has 1 aromatic heterocycles. The van der Waals surface area contributed by atoms with E-state index in [1.807, 2.05) is 13.8 Å². The minimum absolute atomic E-state index is 0.0449. The molecule has 1 aliphatic heterocycles. The number of aromatic nitrogens is 2. The Morgan fingerprint density at radius 2 is 1.81 bits per heavy atom. The monoisotopic (exact) mass is 357 g/mol. The van der Waals surface area contributed by atoms with Gasteiger partial charge in [-0.1, -0.05) is 5.92 Å². The Balaban J connectivity index is 2.02. The SMILES string of the molecule is C[C@@H]1CN(c2c(C=O)cc(C#Cc3ncccn3)c(F)c2F)C[C@H](C)O1. The van der Waals surface area contributed by atoms with Gasteiger partial charge in [-0.15, -0.1) is 0 Å². The van der Waals surface area contributed by atoms with E-state index >= 15 is 0 Å². The third-order valence-corrected chi connectivity index (χ3v) is 3.95. The predicted molar refractivity (Wildman–Crippen MR) is 92.0 cm³/mol. The zero-order valence-electron chi connectivity index (χ0n) is 14.4. The minimum atomic E-state index is -1.10. The molecule has 1 aliphatic rings. The molecular formula is C19H17F2N3O2. The van der Waals surface area contributed by atoms with Crippen molar-refractivity contribution in [3.63, 3.8) is 0 Å². The fraction of sp³-hybridized carbons (Fsp3) is 0.316. The zero-order valence-corrected chi connectivity index (χ0v) is 14.4. The van der Waals surface area contributed by atoms with Crippen LogP contribution in [0.3, 0.4) is 0 Å². The van der Waals surface area contributed by atoms with E-state index in [1.165, 1.54) is 18.5 Å². The van der Waals surface area contributed by atoms with Crippen molar-refractivity contribution >= 4 is 12.0 Å². The van der Waals surface area contributed by atoms with E-state index in [4.69, 9.17) is 4.74 Å². The largest absolute Gasteiger partial charge is 0.372 e. The summed E-state index contributed by atoms with van der Waals surface area (Å²) in [7, 11) is 0. The number of morpholine rings is 1. The van der Waals surface area contributed by atoms with E-state index in [1.54, 1.807) is 11.0 Å². The van der Waals surface area contributed by atoms with E-state index in [9.17, 15) is 13.6 Å². The second-order valence-corrected chi connectivity index (χ2v) is 6.09. The van der Waals surface area contributed by atoms with Gasteiger partial charge in [0.05, 0.1) is 23.5 Å². The number of hydrogen-bond acceptors (Lipinski definition) is 5. The van der Waals surface area contributed by atoms with Crippen molar-refractivity contribution in [3.8, 4) is 11.8 Å². The number of hydrogen-bond donors (Lipinski definition) is 0. The average molecular weight is 357 g/mol. The first kappa shape index (κ1) is 18.0. The first-order chi connectivity index (χ1) is 12.5. The van der Waals surface area contributed by atoms with Crippen LogP contribution < -0.4 is 4.90 Å². The van der Waals surface area contributed by atoms with Crippen molar-refractivity contribution in [1.29, 1.82) is 0 Å². The minimum Gasteiger partial charge on any atom is -0.372 e. The Hall–Kier alpha value is -2.85. The number of benzene rings is 1. The fourth-order valence-electron chi connectivity index (χ4n) is 2.99. The molecule has 3 rings (SSSR count). The summed E-state index contributed by atoms with van der Waals surface area (Å²) in [6.07, 6.45) is 3.18. The van der Waals surface area contributed by atoms with Gasteiger partial charge in [0.15, 0.2) is 17.9 Å². The van der Waals surface area contributed by atoms with Gasteiger partial charge in [-0.05, 0) is 31.9 Å². The molecule has 0 amide bonds. The molecule has 134 valence electrons. The molecule has 0 radical (unpaired) electrons. The summed E-state index contributed by atoms with van der Waals surface area (Å²) < 4.78 is 34.9. The van der Waals surface area contributed by atoms with Crippen LogP contribution in [0, 0.1) is 23.5 Å². The average Bonchev–Trinajstić information content (AvgIpc) is 2.62. The lowest BCUT2D eigenvalue weighted by Crippen LogP contribution is -2.46. The van der Waals surface area contributed by atoms with Gasteiger partial charge in [0, 0.05) is 31.0 Å². The van der Waals surface area contributed by atoms with E-state index < -0.39 is 11.6 Å². The molecule has 2 aromatic rings. The van der Waals surface area contributed by atoms with E-state index in [2.05, 4.69) is 21.8 Å². The van der Waals surface area contributed by atoms with E-state index in [0.29, 0.717) is 19.4 Å². The van der Waals surface area contributed by atoms with Crippen LogP contribution in [0.5, 0.6) is 0 Å². The molecule has 0 unspecified atom stereocenters. The Kier molecular flexibility index (Phi) is 5.24. The van der Waals surface area contributed by atoms with Crippen LogP contribution in [0.2, 0.25) is 0 Å². The van der Waals surface area contributed by atoms with Gasteiger partial charge < -0.3 is 9.64 Å². The van der Waals surface area contributed by atoms with Gasteiger partial charge in [-0.2, -0.15) is 0 Å². The van der Waals surface area contributed by atoms with Crippen molar-refractivity contribution in [3.05, 3.63) is 53.1 Å². The van der Waals surface area contributed by atoms with Crippen molar-refractivity contribution in [1.82, 2.24) is 9.97 Å². The van der Waals surface area contributed by atoms with Gasteiger partial charge in [0.2, 0.25) is 5.82 Å². The van der Waals surface area contributed by atoms with Crippen molar-refractivity contribution in [2.45, 2.75) is 26.1 Å². The van der Waals surface area contributed by atoms with Gasteiger partial charge in [-0.3, -0.25) is 4.79 Å². The summed E-state index contributed by atoms with van der Waals surface area (Å²) in [6.45, 7) is 4.42. The molecule has 0 N–H and O–H groups in total. The van der Waals surface area contributed by atoms with E-state index in [0.717, 1.165) is 0 Å². The summed E-state index contributed by atoms with van der Waals surface area (Å²) in [5, 5.41) is 0. The van der Waals surface area contributed by atoms with Gasteiger partial charge in [-0.25, -0.2) is 18.7 Å². The van der Waals surface area contributed by atoms with Gasteiger partial charge in [0.25, 0.3) is 0 Å². The van der Waals surface area contributed by atoms with Gasteiger partial charge in [0.1, 0.15) is 0 Å². The molecule has 5 nitrogen and oxygen atoms in total. The molecule has 1 fully saturated rings. The maximum atomic E-state index is 14.8. The number of carbonyl (C=O) groups excluding carboxylic acids is 1. The molecule has 7 heteroatoms. The highest BCUT2D eigenvalue weighted by Gasteiger charge is 2.28. The summed E-state index contributed by atoms with van der Waals surface area (Å²) >= 11 is 0. The summed E-state index contributed by atoms with van der Waals surface area (Å²) in [4.78, 5) is 20.9. The normalized spacial score (nSPS) is 19.6. The maximum absolute atomic E-state index is 14.8. The van der Waals surface area contributed by atoms with Crippen LogP contribution in [-0.4, -0.2) is 41.6 Å². The second-order valence-electron chi connectivity index (χ2n) is 6.09. The first-order valence-electron chi connectivity index (χ1n) is 8.16. The summed E-state index contributed by atoms with van der Waals surface area (Å²) in [5.74, 6) is 3.06. The van der Waals surface area contributed by atoms with Crippen LogP contribution in [-0.2, 0) is 4.74 Å². The molecule has 0 saturated carbocycles. The maximum Gasteiger partial charge on any atom is 0.205 e.